The topological polar surface area (TPSA) is 98.1 Å². The van der Waals surface area contributed by atoms with Gasteiger partial charge in [0, 0.05) is 18.5 Å². The average molecular weight is 391 g/mol. The molecule has 1 unspecified atom stereocenters. The number of nitrogens with zero attached hydrogens (tertiary/aromatic N) is 3. The van der Waals surface area contributed by atoms with Gasteiger partial charge in [-0.05, 0) is 48.9 Å². The van der Waals surface area contributed by atoms with Crippen molar-refractivity contribution in [3.05, 3.63) is 72.7 Å². The van der Waals surface area contributed by atoms with Crippen molar-refractivity contribution in [2.24, 2.45) is 0 Å². The fraction of sp³-hybridized carbons (Fsp3) is 0.143. The van der Waals surface area contributed by atoms with Gasteiger partial charge in [0.1, 0.15) is 11.8 Å². The van der Waals surface area contributed by atoms with Gasteiger partial charge in [-0.15, -0.1) is 0 Å². The number of benzene rings is 1. The maximum atomic E-state index is 12.3. The summed E-state index contributed by atoms with van der Waals surface area (Å²) in [6, 6.07) is 11.8. The molecule has 0 saturated carbocycles. The summed E-state index contributed by atoms with van der Waals surface area (Å²) < 4.78 is 6.71. The van der Waals surface area contributed by atoms with Crippen LogP contribution in [0.2, 0.25) is 0 Å². The lowest BCUT2D eigenvalue weighted by atomic mass is 10.2. The van der Waals surface area contributed by atoms with Crippen molar-refractivity contribution in [3.8, 4) is 11.6 Å². The highest BCUT2D eigenvalue weighted by Crippen LogP contribution is 2.12. The van der Waals surface area contributed by atoms with Crippen LogP contribution in [0.4, 0.5) is 5.69 Å². The second kappa shape index (κ2) is 9.32. The van der Waals surface area contributed by atoms with Crippen molar-refractivity contribution in [3.63, 3.8) is 0 Å². The van der Waals surface area contributed by atoms with Crippen LogP contribution in [0.5, 0.6) is 5.75 Å². The molecule has 0 bridgehead atoms. The number of hydrogen-bond donors (Lipinski definition) is 2. The number of hydrogen-bond acceptors (Lipinski definition) is 5. The van der Waals surface area contributed by atoms with E-state index in [1.165, 1.54) is 12.3 Å². The first-order valence-electron chi connectivity index (χ1n) is 8.95. The largest absolute Gasteiger partial charge is 0.497 e. The Hall–Kier alpha value is -3.94. The molecule has 0 aliphatic carbocycles. The van der Waals surface area contributed by atoms with Gasteiger partial charge >= 0.3 is 0 Å². The molecular formula is C21H21N5O3. The van der Waals surface area contributed by atoms with Crippen LogP contribution in [-0.4, -0.2) is 39.7 Å². The molecule has 1 aromatic carbocycles. The molecule has 0 aliphatic heterocycles. The molecular weight excluding hydrogens is 370 g/mol. The number of ether oxygens (including phenoxy) is 1. The van der Waals surface area contributed by atoms with Gasteiger partial charge in [-0.1, -0.05) is 12.1 Å². The van der Waals surface area contributed by atoms with E-state index in [9.17, 15) is 9.59 Å². The van der Waals surface area contributed by atoms with Gasteiger partial charge < -0.3 is 15.4 Å². The Morgan fingerprint density at radius 2 is 1.97 bits per heavy atom. The minimum Gasteiger partial charge on any atom is -0.497 e. The van der Waals surface area contributed by atoms with Crippen LogP contribution in [0.15, 0.2) is 67.1 Å². The first-order chi connectivity index (χ1) is 14.0. The molecule has 148 valence electrons. The predicted octanol–water partition coefficient (Wildman–Crippen LogP) is 2.43. The Morgan fingerprint density at radius 3 is 2.59 bits per heavy atom. The van der Waals surface area contributed by atoms with E-state index in [1.807, 2.05) is 12.1 Å². The molecule has 29 heavy (non-hydrogen) atoms. The number of rotatable bonds is 7. The maximum Gasteiger partial charge on any atom is 0.246 e. The molecule has 0 spiro atoms. The monoisotopic (exact) mass is 391 g/mol. The lowest BCUT2D eigenvalue weighted by Crippen LogP contribution is -2.40. The van der Waals surface area contributed by atoms with E-state index in [4.69, 9.17) is 4.74 Å². The zero-order valence-corrected chi connectivity index (χ0v) is 16.1. The van der Waals surface area contributed by atoms with Gasteiger partial charge in [0.2, 0.25) is 11.8 Å². The van der Waals surface area contributed by atoms with E-state index < -0.39 is 6.04 Å². The fourth-order valence-electron chi connectivity index (χ4n) is 2.46. The van der Waals surface area contributed by atoms with Crippen molar-refractivity contribution in [1.82, 2.24) is 20.1 Å². The van der Waals surface area contributed by atoms with Crippen LogP contribution in [-0.2, 0) is 9.59 Å². The van der Waals surface area contributed by atoms with Crippen molar-refractivity contribution >= 4 is 23.6 Å². The van der Waals surface area contributed by atoms with Crippen LogP contribution in [0.1, 0.15) is 12.5 Å². The standard InChI is InChI=1S/C21H21N5O3/c1-15(24-20(27)11-6-16-4-8-18(29-2)9-5-16)21(28)25-17-7-10-19(22-14-17)26-13-3-12-23-26/h3-15H,1-2H3,(H,24,27)(H,25,28)/b11-6+. The molecule has 2 aromatic heterocycles. The zero-order valence-electron chi connectivity index (χ0n) is 16.1. The van der Waals surface area contributed by atoms with Crippen LogP contribution in [0.3, 0.4) is 0 Å². The summed E-state index contributed by atoms with van der Waals surface area (Å²) in [5.41, 5.74) is 1.38. The van der Waals surface area contributed by atoms with E-state index in [0.29, 0.717) is 11.5 Å². The first-order valence-corrected chi connectivity index (χ1v) is 8.95. The Bertz CT molecular complexity index is 980. The predicted molar refractivity (Wildman–Crippen MR) is 110 cm³/mol. The average Bonchev–Trinajstić information content (AvgIpc) is 3.28. The Labute approximate surface area is 168 Å². The zero-order chi connectivity index (χ0) is 20.6. The number of amides is 2. The van der Waals surface area contributed by atoms with Crippen molar-refractivity contribution < 1.29 is 14.3 Å². The molecule has 8 heteroatoms. The number of pyridine rings is 1. The molecule has 8 nitrogen and oxygen atoms in total. The molecule has 2 heterocycles. The molecule has 0 fully saturated rings. The molecule has 3 rings (SSSR count). The van der Waals surface area contributed by atoms with E-state index in [0.717, 1.165) is 11.3 Å². The Balaban J connectivity index is 1.51. The van der Waals surface area contributed by atoms with Gasteiger partial charge in [-0.25, -0.2) is 9.67 Å². The van der Waals surface area contributed by atoms with Crippen molar-refractivity contribution in [2.75, 3.05) is 12.4 Å². The minimum absolute atomic E-state index is 0.343. The number of anilines is 1. The molecule has 2 amide bonds. The Morgan fingerprint density at radius 1 is 1.17 bits per heavy atom. The number of nitrogens with one attached hydrogen (secondary N) is 2. The summed E-state index contributed by atoms with van der Waals surface area (Å²) in [7, 11) is 1.59. The van der Waals surface area contributed by atoms with Crippen molar-refractivity contribution in [1.29, 1.82) is 0 Å². The second-order valence-corrected chi connectivity index (χ2v) is 6.18. The number of methoxy groups -OCH3 is 1. The van der Waals surface area contributed by atoms with E-state index in [1.54, 1.807) is 67.5 Å². The van der Waals surface area contributed by atoms with Crippen LogP contribution in [0.25, 0.3) is 11.9 Å². The lowest BCUT2D eigenvalue weighted by molar-refractivity contribution is -0.123. The highest BCUT2D eigenvalue weighted by molar-refractivity contribution is 5.99. The van der Waals surface area contributed by atoms with E-state index in [-0.39, 0.29) is 11.8 Å². The third-order valence-electron chi connectivity index (χ3n) is 4.05. The summed E-state index contributed by atoms with van der Waals surface area (Å²) in [5, 5.41) is 9.44. The Kier molecular flexibility index (Phi) is 6.36. The molecule has 0 radical (unpaired) electrons. The van der Waals surface area contributed by atoms with Crippen molar-refractivity contribution in [2.45, 2.75) is 13.0 Å². The summed E-state index contributed by atoms with van der Waals surface area (Å²) in [6.45, 7) is 1.61. The normalized spacial score (nSPS) is 11.8. The molecule has 3 aromatic rings. The lowest BCUT2D eigenvalue weighted by Gasteiger charge is -2.13. The van der Waals surface area contributed by atoms with Crippen LogP contribution < -0.4 is 15.4 Å². The van der Waals surface area contributed by atoms with Crippen LogP contribution in [0, 0.1) is 0 Å². The van der Waals surface area contributed by atoms with Gasteiger partial charge in [-0.3, -0.25) is 9.59 Å². The van der Waals surface area contributed by atoms with Gasteiger partial charge in [0.25, 0.3) is 0 Å². The third-order valence-corrected chi connectivity index (χ3v) is 4.05. The second-order valence-electron chi connectivity index (χ2n) is 6.18. The summed E-state index contributed by atoms with van der Waals surface area (Å²) >= 11 is 0. The summed E-state index contributed by atoms with van der Waals surface area (Å²) in [6.07, 6.45) is 8.01. The number of carbonyl (C=O) groups excluding carboxylic acids is 2. The third kappa shape index (κ3) is 5.52. The minimum atomic E-state index is -0.714. The number of carbonyl (C=O) groups is 2. The van der Waals surface area contributed by atoms with Gasteiger partial charge in [0.05, 0.1) is 19.0 Å². The quantitative estimate of drug-likeness (QED) is 0.603. The molecule has 1 atom stereocenters. The van der Waals surface area contributed by atoms with Gasteiger partial charge in [-0.2, -0.15) is 5.10 Å². The highest BCUT2D eigenvalue weighted by atomic mass is 16.5. The highest BCUT2D eigenvalue weighted by Gasteiger charge is 2.14. The van der Waals surface area contributed by atoms with Gasteiger partial charge in [0.15, 0.2) is 5.82 Å². The van der Waals surface area contributed by atoms with Crippen LogP contribution >= 0.6 is 0 Å². The fourth-order valence-corrected chi connectivity index (χ4v) is 2.46. The first kappa shape index (κ1) is 19.8. The molecule has 0 saturated heterocycles. The SMILES string of the molecule is COc1ccc(/C=C/C(=O)NC(C)C(=O)Nc2ccc(-n3cccn3)nc2)cc1. The molecule has 2 N–H and O–H groups in total. The van der Waals surface area contributed by atoms with E-state index in [2.05, 4.69) is 20.7 Å². The number of aromatic nitrogens is 3. The summed E-state index contributed by atoms with van der Waals surface area (Å²) in [5.74, 6) is 0.669. The van der Waals surface area contributed by atoms with E-state index >= 15 is 0 Å². The smallest absolute Gasteiger partial charge is 0.246 e. The maximum absolute atomic E-state index is 12.3. The summed E-state index contributed by atoms with van der Waals surface area (Å²) in [4.78, 5) is 28.6. The molecule has 0 aliphatic rings.